The lowest BCUT2D eigenvalue weighted by Crippen LogP contribution is -2.29. The SMILES string of the molecule is O=C(CCCCCN1C(=O)C(=Cc2cccs2)SC1=S)Nc1ccccc1O. The van der Waals surface area contributed by atoms with E-state index >= 15 is 0 Å². The summed E-state index contributed by atoms with van der Waals surface area (Å²) >= 11 is 8.26. The molecule has 1 aliphatic heterocycles. The molecule has 0 spiro atoms. The fourth-order valence-corrected chi connectivity index (χ4v) is 4.75. The lowest BCUT2D eigenvalue weighted by atomic mass is 10.1. The number of nitrogens with one attached hydrogen (secondary N) is 1. The minimum atomic E-state index is -0.133. The van der Waals surface area contributed by atoms with E-state index in [0.29, 0.717) is 34.3 Å². The van der Waals surface area contributed by atoms with E-state index in [1.165, 1.54) is 17.8 Å². The van der Waals surface area contributed by atoms with Gasteiger partial charge in [-0.1, -0.05) is 48.6 Å². The van der Waals surface area contributed by atoms with Crippen molar-refractivity contribution in [3.05, 3.63) is 51.6 Å². The predicted molar refractivity (Wildman–Crippen MR) is 119 cm³/mol. The molecule has 0 bridgehead atoms. The molecule has 146 valence electrons. The van der Waals surface area contributed by atoms with Crippen LogP contribution in [-0.4, -0.2) is 32.7 Å². The summed E-state index contributed by atoms with van der Waals surface area (Å²) in [6.45, 7) is 0.563. The van der Waals surface area contributed by atoms with Crippen LogP contribution in [0.5, 0.6) is 5.75 Å². The summed E-state index contributed by atoms with van der Waals surface area (Å²) in [4.78, 5) is 27.8. The van der Waals surface area contributed by atoms with Crippen LogP contribution in [0, 0.1) is 0 Å². The number of phenols is 1. The molecule has 1 aromatic carbocycles. The number of para-hydroxylation sites is 2. The first-order valence-corrected chi connectivity index (χ1v) is 11.0. The number of hydrogen-bond donors (Lipinski definition) is 2. The fraction of sp³-hybridized carbons (Fsp3) is 0.250. The molecule has 0 radical (unpaired) electrons. The second-order valence-corrected chi connectivity index (χ2v) is 8.88. The molecule has 5 nitrogen and oxygen atoms in total. The van der Waals surface area contributed by atoms with Gasteiger partial charge in [-0.25, -0.2) is 0 Å². The van der Waals surface area contributed by atoms with Crippen LogP contribution in [0.4, 0.5) is 5.69 Å². The summed E-state index contributed by atoms with van der Waals surface area (Å²) in [6, 6.07) is 10.6. The average Bonchev–Trinajstić information content (AvgIpc) is 3.27. The number of amides is 2. The van der Waals surface area contributed by atoms with E-state index in [4.69, 9.17) is 12.2 Å². The predicted octanol–water partition coefficient (Wildman–Crippen LogP) is 4.85. The van der Waals surface area contributed by atoms with E-state index in [-0.39, 0.29) is 17.6 Å². The molecule has 1 aliphatic rings. The van der Waals surface area contributed by atoms with Crippen molar-refractivity contribution >= 4 is 63.2 Å². The first kappa shape index (κ1) is 20.6. The molecule has 0 aliphatic carbocycles. The Hall–Kier alpha value is -2.16. The summed E-state index contributed by atoms with van der Waals surface area (Å²) in [7, 11) is 0. The summed E-state index contributed by atoms with van der Waals surface area (Å²) < 4.78 is 0.588. The number of anilines is 1. The fourth-order valence-electron chi connectivity index (χ4n) is 2.72. The van der Waals surface area contributed by atoms with Gasteiger partial charge in [0.05, 0.1) is 10.6 Å². The number of thioether (sulfide) groups is 1. The maximum Gasteiger partial charge on any atom is 0.266 e. The lowest BCUT2D eigenvalue weighted by molar-refractivity contribution is -0.122. The maximum absolute atomic E-state index is 12.5. The van der Waals surface area contributed by atoms with E-state index in [9.17, 15) is 14.7 Å². The molecule has 0 atom stereocenters. The zero-order chi connectivity index (χ0) is 19.9. The van der Waals surface area contributed by atoms with Gasteiger partial charge in [0.15, 0.2) is 0 Å². The molecular formula is C20H20N2O3S3. The molecule has 1 aromatic heterocycles. The van der Waals surface area contributed by atoms with Crippen LogP contribution >= 0.6 is 35.3 Å². The van der Waals surface area contributed by atoms with Crippen molar-refractivity contribution in [2.45, 2.75) is 25.7 Å². The van der Waals surface area contributed by atoms with Crippen LogP contribution < -0.4 is 5.32 Å². The van der Waals surface area contributed by atoms with Gasteiger partial charge >= 0.3 is 0 Å². The number of carbonyl (C=O) groups is 2. The van der Waals surface area contributed by atoms with Crippen molar-refractivity contribution in [3.8, 4) is 5.75 Å². The summed E-state index contributed by atoms with van der Waals surface area (Å²) in [5.41, 5.74) is 0.419. The Morgan fingerprint density at radius 1 is 1.18 bits per heavy atom. The third-order valence-electron chi connectivity index (χ3n) is 4.15. The van der Waals surface area contributed by atoms with E-state index in [1.54, 1.807) is 34.4 Å². The van der Waals surface area contributed by atoms with Gasteiger partial charge in [-0.2, -0.15) is 0 Å². The van der Waals surface area contributed by atoms with Crippen molar-refractivity contribution in [2.75, 3.05) is 11.9 Å². The number of hydrogen-bond acceptors (Lipinski definition) is 6. The zero-order valence-electron chi connectivity index (χ0n) is 15.1. The van der Waals surface area contributed by atoms with Crippen LogP contribution in [0.2, 0.25) is 0 Å². The van der Waals surface area contributed by atoms with Crippen molar-refractivity contribution in [2.24, 2.45) is 0 Å². The van der Waals surface area contributed by atoms with Crippen LogP contribution in [-0.2, 0) is 9.59 Å². The summed E-state index contributed by atoms with van der Waals surface area (Å²) in [5.74, 6) is -0.118. The maximum atomic E-state index is 12.5. The molecule has 0 saturated carbocycles. The standard InChI is InChI=1S/C20H20N2O3S3/c23-16-9-4-3-8-15(16)21-18(24)10-2-1-5-11-22-19(25)17(28-20(22)26)13-14-7-6-12-27-14/h3-4,6-9,12-13,23H,1-2,5,10-11H2,(H,21,24). The highest BCUT2D eigenvalue weighted by Crippen LogP contribution is 2.33. The molecule has 2 heterocycles. The monoisotopic (exact) mass is 432 g/mol. The molecule has 2 N–H and O–H groups in total. The Labute approximate surface area is 177 Å². The second-order valence-electron chi connectivity index (χ2n) is 6.22. The van der Waals surface area contributed by atoms with Crippen LogP contribution in [0.15, 0.2) is 46.7 Å². The number of thiocarbonyl (C=S) groups is 1. The van der Waals surface area contributed by atoms with Crippen LogP contribution in [0.25, 0.3) is 6.08 Å². The minimum absolute atomic E-state index is 0.0410. The smallest absolute Gasteiger partial charge is 0.266 e. The van der Waals surface area contributed by atoms with E-state index in [0.717, 1.165) is 17.7 Å². The quantitative estimate of drug-likeness (QED) is 0.270. The van der Waals surface area contributed by atoms with Crippen LogP contribution in [0.3, 0.4) is 0 Å². The Morgan fingerprint density at radius 2 is 2.00 bits per heavy atom. The highest BCUT2D eigenvalue weighted by Gasteiger charge is 2.31. The Morgan fingerprint density at radius 3 is 2.75 bits per heavy atom. The topological polar surface area (TPSA) is 69.6 Å². The third kappa shape index (κ3) is 5.43. The van der Waals surface area contributed by atoms with Gasteiger partial charge in [0.25, 0.3) is 5.91 Å². The average molecular weight is 433 g/mol. The lowest BCUT2D eigenvalue weighted by Gasteiger charge is -2.14. The van der Waals surface area contributed by atoms with Gasteiger partial charge in [0.1, 0.15) is 10.1 Å². The Bertz CT molecular complexity index is 894. The summed E-state index contributed by atoms with van der Waals surface area (Å²) in [6.07, 6.45) is 4.55. The molecule has 0 unspecified atom stereocenters. The molecular weight excluding hydrogens is 412 g/mol. The number of benzene rings is 1. The van der Waals surface area contributed by atoms with E-state index in [2.05, 4.69) is 5.32 Å². The van der Waals surface area contributed by atoms with Gasteiger partial charge in [0.2, 0.25) is 5.91 Å². The van der Waals surface area contributed by atoms with E-state index in [1.807, 2.05) is 23.6 Å². The van der Waals surface area contributed by atoms with Gasteiger partial charge in [-0.3, -0.25) is 14.5 Å². The van der Waals surface area contributed by atoms with Gasteiger partial charge in [-0.15, -0.1) is 11.3 Å². The molecule has 8 heteroatoms. The first-order valence-electron chi connectivity index (χ1n) is 8.91. The molecule has 2 aromatic rings. The summed E-state index contributed by atoms with van der Waals surface area (Å²) in [5, 5.41) is 14.3. The largest absolute Gasteiger partial charge is 0.506 e. The van der Waals surface area contributed by atoms with Gasteiger partial charge < -0.3 is 10.4 Å². The number of nitrogens with zero attached hydrogens (tertiary/aromatic N) is 1. The number of rotatable bonds is 8. The third-order valence-corrected chi connectivity index (χ3v) is 6.35. The Balaban J connectivity index is 1.39. The van der Waals surface area contributed by atoms with Gasteiger partial charge in [-0.05, 0) is 42.5 Å². The van der Waals surface area contributed by atoms with Crippen molar-refractivity contribution < 1.29 is 14.7 Å². The van der Waals surface area contributed by atoms with Crippen LogP contribution in [0.1, 0.15) is 30.6 Å². The van der Waals surface area contributed by atoms with Crippen molar-refractivity contribution in [1.82, 2.24) is 4.90 Å². The second kappa shape index (κ2) is 9.86. The number of carbonyl (C=O) groups excluding carboxylic acids is 2. The molecule has 1 saturated heterocycles. The van der Waals surface area contributed by atoms with Gasteiger partial charge in [0, 0.05) is 17.8 Å². The first-order chi connectivity index (χ1) is 13.5. The van der Waals surface area contributed by atoms with E-state index < -0.39 is 0 Å². The molecule has 28 heavy (non-hydrogen) atoms. The minimum Gasteiger partial charge on any atom is -0.506 e. The highest BCUT2D eigenvalue weighted by atomic mass is 32.2. The normalized spacial score (nSPS) is 15.4. The zero-order valence-corrected chi connectivity index (χ0v) is 17.5. The number of aromatic hydroxyl groups is 1. The number of phenolic OH excluding ortho intramolecular Hbond substituents is 1. The molecule has 2 amide bonds. The molecule has 3 rings (SSSR count). The Kier molecular flexibility index (Phi) is 7.24. The molecule has 1 fully saturated rings. The number of unbranched alkanes of at least 4 members (excludes halogenated alkanes) is 2. The van der Waals surface area contributed by atoms with Crippen molar-refractivity contribution in [1.29, 1.82) is 0 Å². The highest BCUT2D eigenvalue weighted by molar-refractivity contribution is 8.26. The number of thiophene rings is 1. The van der Waals surface area contributed by atoms with Crippen molar-refractivity contribution in [3.63, 3.8) is 0 Å².